The molecule has 3 aromatic carbocycles. The molecule has 3 rings (SSSR count). The molecule has 0 unspecified atom stereocenters. The lowest BCUT2D eigenvalue weighted by Gasteiger charge is -2.10. The Kier molecular flexibility index (Phi) is 7.25. The van der Waals surface area contributed by atoms with Crippen LogP contribution in [0.4, 0.5) is 0 Å². The number of hydrogen-bond acceptors (Lipinski definition) is 2. The van der Waals surface area contributed by atoms with Crippen molar-refractivity contribution in [3.8, 4) is 5.75 Å². The fourth-order valence-corrected chi connectivity index (χ4v) is 3.27. The van der Waals surface area contributed by atoms with Crippen LogP contribution in [-0.4, -0.2) is 19.6 Å². The number of rotatable bonds is 9. The molecule has 0 bridgehead atoms. The number of nitrogens with one attached hydrogen (secondary N) is 1. The molecule has 3 aromatic rings. The van der Waals surface area contributed by atoms with Crippen molar-refractivity contribution in [2.75, 3.05) is 13.7 Å². The highest BCUT2D eigenvalue weighted by atomic mass is 16.5. The number of aryl methyl sites for hydroxylation is 3. The summed E-state index contributed by atoms with van der Waals surface area (Å²) in [6.45, 7) is 0.665. The van der Waals surface area contributed by atoms with Crippen molar-refractivity contribution in [2.24, 2.45) is 0 Å². The topological polar surface area (TPSA) is 38.3 Å². The highest BCUT2D eigenvalue weighted by Crippen LogP contribution is 2.14. The van der Waals surface area contributed by atoms with Crippen LogP contribution in [0.2, 0.25) is 0 Å². The van der Waals surface area contributed by atoms with Crippen LogP contribution in [0, 0.1) is 0 Å². The third-order valence-corrected chi connectivity index (χ3v) is 4.87. The first-order chi connectivity index (χ1) is 13.8. The van der Waals surface area contributed by atoms with E-state index in [-0.39, 0.29) is 5.91 Å². The minimum absolute atomic E-state index is 0.0124. The second-order valence-corrected chi connectivity index (χ2v) is 6.85. The highest BCUT2D eigenvalue weighted by Gasteiger charge is 2.10. The third kappa shape index (κ3) is 5.71. The molecule has 1 N–H and O–H groups in total. The van der Waals surface area contributed by atoms with E-state index in [1.807, 2.05) is 36.4 Å². The van der Waals surface area contributed by atoms with Crippen LogP contribution in [0.25, 0.3) is 0 Å². The summed E-state index contributed by atoms with van der Waals surface area (Å²) < 4.78 is 5.18. The van der Waals surface area contributed by atoms with Crippen LogP contribution in [0.5, 0.6) is 5.75 Å². The van der Waals surface area contributed by atoms with Crippen LogP contribution in [0.15, 0.2) is 78.9 Å². The molecular formula is C25H27NO2. The summed E-state index contributed by atoms with van der Waals surface area (Å²) in [5.41, 5.74) is 4.41. The standard InChI is InChI=1S/C25H27NO2/c1-28-23-17-14-21(15-18-23)10-7-19-26-25(27)24-12-6-5-11-22(24)16-13-20-8-3-2-4-9-20/h2-6,8-9,11-12,14-15,17-18H,7,10,13,16,19H2,1H3,(H,26,27). The van der Waals surface area contributed by atoms with E-state index in [0.29, 0.717) is 6.54 Å². The fourth-order valence-electron chi connectivity index (χ4n) is 3.27. The molecule has 0 fully saturated rings. The summed E-state index contributed by atoms with van der Waals surface area (Å²) >= 11 is 0. The molecule has 0 atom stereocenters. The van der Waals surface area contributed by atoms with Gasteiger partial charge in [0.2, 0.25) is 0 Å². The second kappa shape index (κ2) is 10.3. The molecule has 0 spiro atoms. The van der Waals surface area contributed by atoms with Gasteiger partial charge in [-0.15, -0.1) is 0 Å². The van der Waals surface area contributed by atoms with E-state index in [1.54, 1.807) is 7.11 Å². The van der Waals surface area contributed by atoms with Crippen molar-refractivity contribution < 1.29 is 9.53 Å². The van der Waals surface area contributed by atoms with Crippen molar-refractivity contribution in [2.45, 2.75) is 25.7 Å². The molecule has 0 saturated carbocycles. The van der Waals surface area contributed by atoms with Crippen LogP contribution in [0.3, 0.4) is 0 Å². The summed E-state index contributed by atoms with van der Waals surface area (Å²) in [5, 5.41) is 3.07. The van der Waals surface area contributed by atoms with E-state index < -0.39 is 0 Å². The largest absolute Gasteiger partial charge is 0.497 e. The fraction of sp³-hybridized carbons (Fsp3) is 0.240. The number of methoxy groups -OCH3 is 1. The predicted molar refractivity (Wildman–Crippen MR) is 114 cm³/mol. The van der Waals surface area contributed by atoms with Crippen LogP contribution in [-0.2, 0) is 19.3 Å². The minimum Gasteiger partial charge on any atom is -0.497 e. The molecular weight excluding hydrogens is 346 g/mol. The molecule has 144 valence electrons. The van der Waals surface area contributed by atoms with E-state index in [0.717, 1.165) is 42.6 Å². The maximum atomic E-state index is 12.6. The van der Waals surface area contributed by atoms with E-state index in [9.17, 15) is 4.79 Å². The van der Waals surface area contributed by atoms with Gasteiger partial charge in [-0.25, -0.2) is 0 Å². The lowest BCUT2D eigenvalue weighted by Crippen LogP contribution is -2.26. The van der Waals surface area contributed by atoms with Gasteiger partial charge >= 0.3 is 0 Å². The van der Waals surface area contributed by atoms with E-state index in [4.69, 9.17) is 4.74 Å². The number of ether oxygens (including phenoxy) is 1. The van der Waals surface area contributed by atoms with Gasteiger partial charge in [0.25, 0.3) is 5.91 Å². The van der Waals surface area contributed by atoms with Gasteiger partial charge in [-0.05, 0) is 60.6 Å². The van der Waals surface area contributed by atoms with Gasteiger partial charge in [-0.1, -0.05) is 60.7 Å². The number of carbonyl (C=O) groups is 1. The maximum absolute atomic E-state index is 12.6. The zero-order valence-electron chi connectivity index (χ0n) is 16.4. The number of carbonyl (C=O) groups excluding carboxylic acids is 1. The van der Waals surface area contributed by atoms with Gasteiger partial charge in [-0.2, -0.15) is 0 Å². The van der Waals surface area contributed by atoms with Crippen molar-refractivity contribution in [1.29, 1.82) is 0 Å². The highest BCUT2D eigenvalue weighted by molar-refractivity contribution is 5.95. The van der Waals surface area contributed by atoms with Gasteiger partial charge in [0, 0.05) is 12.1 Å². The molecule has 28 heavy (non-hydrogen) atoms. The Balaban J connectivity index is 1.49. The number of hydrogen-bond donors (Lipinski definition) is 1. The average Bonchev–Trinajstić information content (AvgIpc) is 2.76. The average molecular weight is 373 g/mol. The van der Waals surface area contributed by atoms with Crippen molar-refractivity contribution in [3.05, 3.63) is 101 Å². The molecule has 0 aliphatic heterocycles. The maximum Gasteiger partial charge on any atom is 0.251 e. The molecule has 0 aliphatic rings. The molecule has 3 nitrogen and oxygen atoms in total. The van der Waals surface area contributed by atoms with Crippen LogP contribution >= 0.6 is 0 Å². The van der Waals surface area contributed by atoms with Crippen LogP contribution in [0.1, 0.15) is 33.5 Å². The van der Waals surface area contributed by atoms with E-state index in [2.05, 4.69) is 47.8 Å². The summed E-state index contributed by atoms with van der Waals surface area (Å²) in [5.74, 6) is 0.877. The SMILES string of the molecule is COc1ccc(CCCNC(=O)c2ccccc2CCc2ccccc2)cc1. The van der Waals surface area contributed by atoms with Gasteiger partial charge in [0.15, 0.2) is 0 Å². The molecule has 0 aliphatic carbocycles. The van der Waals surface area contributed by atoms with Gasteiger partial charge in [0.1, 0.15) is 5.75 Å². The Morgan fingerprint density at radius 3 is 2.21 bits per heavy atom. The number of amides is 1. The Hall–Kier alpha value is -3.07. The summed E-state index contributed by atoms with van der Waals surface area (Å²) in [7, 11) is 1.67. The molecule has 0 heterocycles. The first-order valence-corrected chi connectivity index (χ1v) is 9.79. The Morgan fingerprint density at radius 2 is 1.46 bits per heavy atom. The molecule has 0 radical (unpaired) electrons. The summed E-state index contributed by atoms with van der Waals surface area (Å²) in [6, 6.07) is 26.4. The van der Waals surface area contributed by atoms with Crippen molar-refractivity contribution in [1.82, 2.24) is 5.32 Å². The number of benzene rings is 3. The quantitative estimate of drug-likeness (QED) is 0.545. The van der Waals surface area contributed by atoms with Gasteiger partial charge in [-0.3, -0.25) is 4.79 Å². The van der Waals surface area contributed by atoms with Gasteiger partial charge < -0.3 is 10.1 Å². The van der Waals surface area contributed by atoms with Gasteiger partial charge in [0.05, 0.1) is 7.11 Å². The zero-order chi connectivity index (χ0) is 19.6. The smallest absolute Gasteiger partial charge is 0.251 e. The Morgan fingerprint density at radius 1 is 0.786 bits per heavy atom. The Bertz CT molecular complexity index is 873. The normalized spacial score (nSPS) is 10.5. The van der Waals surface area contributed by atoms with Crippen LogP contribution < -0.4 is 10.1 Å². The summed E-state index contributed by atoms with van der Waals surface area (Å²) in [4.78, 5) is 12.6. The minimum atomic E-state index is 0.0124. The predicted octanol–water partition coefficient (Wildman–Crippen LogP) is 4.84. The third-order valence-electron chi connectivity index (χ3n) is 4.87. The lowest BCUT2D eigenvalue weighted by atomic mass is 9.99. The lowest BCUT2D eigenvalue weighted by molar-refractivity contribution is 0.0952. The van der Waals surface area contributed by atoms with E-state index >= 15 is 0 Å². The monoisotopic (exact) mass is 373 g/mol. The zero-order valence-corrected chi connectivity index (χ0v) is 16.4. The molecule has 3 heteroatoms. The molecule has 1 amide bonds. The van der Waals surface area contributed by atoms with Crippen molar-refractivity contribution >= 4 is 5.91 Å². The second-order valence-electron chi connectivity index (χ2n) is 6.85. The first kappa shape index (κ1) is 19.7. The molecule has 0 saturated heterocycles. The molecule has 0 aromatic heterocycles. The Labute approximate surface area is 167 Å². The van der Waals surface area contributed by atoms with Crippen molar-refractivity contribution in [3.63, 3.8) is 0 Å². The van der Waals surface area contributed by atoms with E-state index in [1.165, 1.54) is 11.1 Å². The summed E-state index contributed by atoms with van der Waals surface area (Å²) in [6.07, 6.45) is 3.63. The first-order valence-electron chi connectivity index (χ1n) is 9.79.